The Morgan fingerprint density at radius 1 is 1.33 bits per heavy atom. The minimum Gasteiger partial charge on any atom is -0.460 e. The summed E-state index contributed by atoms with van der Waals surface area (Å²) in [5.74, 6) is -4.70. The van der Waals surface area contributed by atoms with Crippen LogP contribution in [-0.2, 0) is 14.3 Å². The predicted molar refractivity (Wildman–Crippen MR) is 67.4 cm³/mol. The van der Waals surface area contributed by atoms with Crippen molar-refractivity contribution in [1.29, 1.82) is 0 Å². The summed E-state index contributed by atoms with van der Waals surface area (Å²) in [6, 6.07) is 1.81. The maximum Gasteiger partial charge on any atom is 0.417 e. The van der Waals surface area contributed by atoms with E-state index >= 15 is 0 Å². The van der Waals surface area contributed by atoms with Crippen LogP contribution >= 0.6 is 0 Å². The molecule has 110 valence electrons. The van der Waals surface area contributed by atoms with E-state index in [1.165, 1.54) is 6.92 Å². The third-order valence-electron chi connectivity index (χ3n) is 2.61. The topological polar surface area (TPSA) is 106 Å². The highest BCUT2D eigenvalue weighted by Gasteiger charge is 2.23. The van der Waals surface area contributed by atoms with Crippen molar-refractivity contribution in [2.45, 2.75) is 13.3 Å². The number of nitrogens with one attached hydrogen (secondary N) is 1. The van der Waals surface area contributed by atoms with E-state index in [1.807, 2.05) is 0 Å². The molecule has 1 N–H and O–H groups in total. The van der Waals surface area contributed by atoms with Crippen LogP contribution in [0.1, 0.15) is 23.7 Å². The van der Waals surface area contributed by atoms with Gasteiger partial charge in [-0.25, -0.2) is 14.0 Å². The second-order valence-electron chi connectivity index (χ2n) is 4.09. The van der Waals surface area contributed by atoms with Gasteiger partial charge in [0.15, 0.2) is 11.4 Å². The van der Waals surface area contributed by atoms with Crippen molar-refractivity contribution >= 4 is 28.6 Å². The number of ketones is 2. The fourth-order valence-electron chi connectivity index (χ4n) is 1.76. The first kappa shape index (κ1) is 14.6. The second kappa shape index (κ2) is 5.70. The van der Waals surface area contributed by atoms with Gasteiger partial charge < -0.3 is 9.15 Å². The molecule has 0 unspecified atom stereocenters. The summed E-state index contributed by atoms with van der Waals surface area (Å²) in [5, 5.41) is 0. The Balaban J connectivity index is 2.33. The van der Waals surface area contributed by atoms with Crippen LogP contribution in [0.4, 0.5) is 4.39 Å². The number of hydrogen-bond acceptors (Lipinski definition) is 6. The Morgan fingerprint density at radius 3 is 2.71 bits per heavy atom. The minimum atomic E-state index is -1.14. The van der Waals surface area contributed by atoms with Gasteiger partial charge in [0, 0.05) is 6.07 Å². The predicted octanol–water partition coefficient (Wildman–Crippen LogP) is 0.965. The van der Waals surface area contributed by atoms with E-state index in [2.05, 4.69) is 9.72 Å². The lowest BCUT2D eigenvalue weighted by Gasteiger charge is -2.02. The van der Waals surface area contributed by atoms with E-state index in [1.54, 1.807) is 0 Å². The molecule has 7 nitrogen and oxygen atoms in total. The van der Waals surface area contributed by atoms with Gasteiger partial charge in [-0.2, -0.15) is 0 Å². The van der Waals surface area contributed by atoms with E-state index in [-0.39, 0.29) is 23.3 Å². The zero-order chi connectivity index (χ0) is 15.6. The fourth-order valence-corrected chi connectivity index (χ4v) is 1.76. The van der Waals surface area contributed by atoms with Crippen molar-refractivity contribution in [2.24, 2.45) is 0 Å². The molecule has 21 heavy (non-hydrogen) atoms. The third-order valence-corrected chi connectivity index (χ3v) is 2.61. The van der Waals surface area contributed by atoms with Gasteiger partial charge in [-0.1, -0.05) is 0 Å². The number of H-pyrrole nitrogens is 1. The standard InChI is InChI=1S/C13H10FNO6/c1-2-20-12(18)10(17)5-9(16)7-3-6(14)4-8-11(7)21-13(19)15-8/h3-4H,2,5H2,1H3,(H,15,19). The first-order valence-electron chi connectivity index (χ1n) is 5.98. The van der Waals surface area contributed by atoms with Crippen LogP contribution in [0.15, 0.2) is 21.3 Å². The zero-order valence-corrected chi connectivity index (χ0v) is 10.9. The highest BCUT2D eigenvalue weighted by atomic mass is 19.1. The van der Waals surface area contributed by atoms with Crippen LogP contribution in [0.25, 0.3) is 11.1 Å². The number of aromatic amines is 1. The second-order valence-corrected chi connectivity index (χ2v) is 4.09. The summed E-state index contributed by atoms with van der Waals surface area (Å²) in [7, 11) is 0. The average molecular weight is 295 g/mol. The lowest BCUT2D eigenvalue weighted by Crippen LogP contribution is -2.20. The van der Waals surface area contributed by atoms with E-state index in [9.17, 15) is 23.6 Å². The summed E-state index contributed by atoms with van der Waals surface area (Å²) in [6.07, 6.45) is -0.799. The van der Waals surface area contributed by atoms with Gasteiger partial charge in [-0.15, -0.1) is 0 Å². The van der Waals surface area contributed by atoms with Gasteiger partial charge in [-0.05, 0) is 13.0 Å². The molecule has 0 aliphatic heterocycles. The van der Waals surface area contributed by atoms with Gasteiger partial charge in [-0.3, -0.25) is 14.6 Å². The smallest absolute Gasteiger partial charge is 0.417 e. The number of oxazole rings is 1. The SMILES string of the molecule is CCOC(=O)C(=O)CC(=O)c1cc(F)cc2[nH]c(=O)oc12. The average Bonchev–Trinajstić information content (AvgIpc) is 2.77. The van der Waals surface area contributed by atoms with Crippen LogP contribution in [0, 0.1) is 5.82 Å². The summed E-state index contributed by atoms with van der Waals surface area (Å²) < 4.78 is 22.6. The summed E-state index contributed by atoms with van der Waals surface area (Å²) >= 11 is 0. The van der Waals surface area contributed by atoms with Gasteiger partial charge in [0.25, 0.3) is 0 Å². The molecule has 2 aromatic rings. The molecule has 1 heterocycles. The van der Waals surface area contributed by atoms with Crippen LogP contribution < -0.4 is 5.76 Å². The normalized spacial score (nSPS) is 10.6. The molecule has 0 bridgehead atoms. The van der Waals surface area contributed by atoms with Crippen molar-refractivity contribution < 1.29 is 27.9 Å². The van der Waals surface area contributed by atoms with Crippen molar-refractivity contribution in [3.05, 3.63) is 34.1 Å². The first-order valence-corrected chi connectivity index (χ1v) is 5.98. The Hall–Kier alpha value is -2.77. The summed E-state index contributed by atoms with van der Waals surface area (Å²) in [4.78, 5) is 47.9. The summed E-state index contributed by atoms with van der Waals surface area (Å²) in [5.41, 5.74) is -0.462. The minimum absolute atomic E-state index is 0.00431. The maximum absolute atomic E-state index is 13.4. The molecule has 1 aromatic carbocycles. The molecule has 0 aliphatic carbocycles. The molecule has 0 radical (unpaired) electrons. The molecule has 0 aliphatic rings. The number of halogens is 1. The molecule has 0 spiro atoms. The molecule has 2 rings (SSSR count). The molecular weight excluding hydrogens is 285 g/mol. The Labute approximate surface area is 116 Å². The Kier molecular flexibility index (Phi) is 3.97. The van der Waals surface area contributed by atoms with Crippen molar-refractivity contribution in [2.75, 3.05) is 6.61 Å². The number of aromatic nitrogens is 1. The fraction of sp³-hybridized carbons (Fsp3) is 0.231. The number of esters is 1. The van der Waals surface area contributed by atoms with Gasteiger partial charge in [0.1, 0.15) is 5.82 Å². The number of ether oxygens (including phenoxy) is 1. The van der Waals surface area contributed by atoms with Crippen molar-refractivity contribution in [3.63, 3.8) is 0 Å². The first-order chi connectivity index (χ1) is 9.92. The highest BCUT2D eigenvalue weighted by Crippen LogP contribution is 2.19. The van der Waals surface area contributed by atoms with E-state index in [0.717, 1.165) is 12.1 Å². The van der Waals surface area contributed by atoms with Crippen LogP contribution in [0.3, 0.4) is 0 Å². The molecule has 0 fully saturated rings. The number of fused-ring (bicyclic) bond motifs is 1. The van der Waals surface area contributed by atoms with Crippen LogP contribution in [0.5, 0.6) is 0 Å². The number of carbonyl (C=O) groups excluding carboxylic acids is 3. The molecule has 1 aromatic heterocycles. The molecule has 0 atom stereocenters. The van der Waals surface area contributed by atoms with Gasteiger partial charge >= 0.3 is 11.7 Å². The monoisotopic (exact) mass is 295 g/mol. The number of carbonyl (C=O) groups is 3. The lowest BCUT2D eigenvalue weighted by atomic mass is 10.0. The Bertz CT molecular complexity index is 788. The van der Waals surface area contributed by atoms with Crippen molar-refractivity contribution in [1.82, 2.24) is 4.98 Å². The van der Waals surface area contributed by atoms with E-state index in [0.29, 0.717) is 0 Å². The third kappa shape index (κ3) is 3.04. The summed E-state index contributed by atoms with van der Waals surface area (Å²) in [6.45, 7) is 1.51. The number of hydrogen-bond donors (Lipinski definition) is 1. The number of rotatable bonds is 5. The highest BCUT2D eigenvalue weighted by molar-refractivity contribution is 6.38. The largest absolute Gasteiger partial charge is 0.460 e. The molecule has 0 amide bonds. The van der Waals surface area contributed by atoms with Crippen LogP contribution in [-0.4, -0.2) is 29.1 Å². The number of benzene rings is 1. The van der Waals surface area contributed by atoms with Crippen molar-refractivity contribution in [3.8, 4) is 0 Å². The molecule has 0 saturated carbocycles. The Morgan fingerprint density at radius 2 is 2.05 bits per heavy atom. The van der Waals surface area contributed by atoms with E-state index < -0.39 is 35.5 Å². The molecule has 0 saturated heterocycles. The molecule has 8 heteroatoms. The zero-order valence-electron chi connectivity index (χ0n) is 10.9. The van der Waals surface area contributed by atoms with Crippen LogP contribution in [0.2, 0.25) is 0 Å². The number of Topliss-reactive ketones (excluding diaryl/α,β-unsaturated/α-hetero) is 2. The van der Waals surface area contributed by atoms with Gasteiger partial charge in [0.05, 0.1) is 24.1 Å². The maximum atomic E-state index is 13.4. The van der Waals surface area contributed by atoms with E-state index in [4.69, 9.17) is 4.42 Å². The lowest BCUT2D eigenvalue weighted by molar-refractivity contribution is -0.153. The van der Waals surface area contributed by atoms with Gasteiger partial charge in [0.2, 0.25) is 5.78 Å². The quantitative estimate of drug-likeness (QED) is 0.381. The molecular formula is C13H10FNO6.